The quantitative estimate of drug-likeness (QED) is 0.538. The first kappa shape index (κ1) is 19.4. The van der Waals surface area contributed by atoms with Crippen molar-refractivity contribution in [2.24, 2.45) is 0 Å². The molecule has 0 bridgehead atoms. The molecule has 5 nitrogen and oxygen atoms in total. The average Bonchev–Trinajstić information content (AvgIpc) is 3.35. The zero-order chi connectivity index (χ0) is 20.2. The molecule has 0 unspecified atom stereocenters. The van der Waals surface area contributed by atoms with Gasteiger partial charge in [0.15, 0.2) is 0 Å². The van der Waals surface area contributed by atoms with Crippen LogP contribution in [0.1, 0.15) is 48.9 Å². The zero-order valence-corrected chi connectivity index (χ0v) is 16.7. The van der Waals surface area contributed by atoms with Crippen LogP contribution in [0, 0.1) is 6.92 Å². The Morgan fingerprint density at radius 3 is 2.72 bits per heavy atom. The molecule has 2 N–H and O–H groups in total. The summed E-state index contributed by atoms with van der Waals surface area (Å²) in [5.74, 6) is 0.983. The number of aromatic amines is 1. The van der Waals surface area contributed by atoms with Gasteiger partial charge in [0.25, 0.3) is 0 Å². The van der Waals surface area contributed by atoms with Gasteiger partial charge < -0.3 is 19.6 Å². The van der Waals surface area contributed by atoms with Gasteiger partial charge in [-0.15, -0.1) is 0 Å². The summed E-state index contributed by atoms with van der Waals surface area (Å²) in [7, 11) is 0. The number of ether oxygens (including phenoxy) is 2. The number of nitrogens with one attached hydrogen (secondary N) is 1. The first-order valence-electron chi connectivity index (χ1n) is 10.3. The molecule has 152 valence electrons. The van der Waals surface area contributed by atoms with E-state index in [9.17, 15) is 4.79 Å². The Kier molecular flexibility index (Phi) is 5.74. The van der Waals surface area contributed by atoms with Gasteiger partial charge in [0.1, 0.15) is 18.1 Å². The van der Waals surface area contributed by atoms with E-state index < -0.39 is 5.97 Å². The summed E-state index contributed by atoms with van der Waals surface area (Å²) in [5.41, 5.74) is 4.16. The molecule has 5 heteroatoms. The van der Waals surface area contributed by atoms with E-state index in [2.05, 4.69) is 30.1 Å². The van der Waals surface area contributed by atoms with Gasteiger partial charge in [-0.1, -0.05) is 6.07 Å². The molecule has 3 aromatic rings. The molecule has 4 rings (SSSR count). The first-order chi connectivity index (χ1) is 14.1. The number of fused-ring (bicyclic) bond motifs is 1. The normalized spacial score (nSPS) is 14.4. The third kappa shape index (κ3) is 4.91. The molecule has 0 aliphatic heterocycles. The molecule has 1 fully saturated rings. The second-order valence-corrected chi connectivity index (χ2v) is 7.85. The van der Waals surface area contributed by atoms with E-state index in [0.717, 1.165) is 52.1 Å². The molecule has 0 atom stereocenters. The third-order valence-electron chi connectivity index (χ3n) is 5.50. The number of hydrogen-bond acceptors (Lipinski definition) is 3. The van der Waals surface area contributed by atoms with E-state index in [1.807, 2.05) is 24.3 Å². The van der Waals surface area contributed by atoms with Crippen LogP contribution in [0.5, 0.6) is 11.5 Å². The summed E-state index contributed by atoms with van der Waals surface area (Å²) in [6, 6.07) is 14.1. The summed E-state index contributed by atoms with van der Waals surface area (Å²) in [6.07, 6.45) is 5.83. The van der Waals surface area contributed by atoms with Gasteiger partial charge in [-0.25, -0.2) is 0 Å². The monoisotopic (exact) mass is 393 g/mol. The first-order valence-corrected chi connectivity index (χ1v) is 10.3. The van der Waals surface area contributed by atoms with Crippen LogP contribution in [0.25, 0.3) is 10.9 Å². The maximum atomic E-state index is 10.8. The zero-order valence-electron chi connectivity index (χ0n) is 16.7. The van der Waals surface area contributed by atoms with Gasteiger partial charge in [0, 0.05) is 16.6 Å². The highest BCUT2D eigenvalue weighted by atomic mass is 16.5. The van der Waals surface area contributed by atoms with Crippen LogP contribution in [0.2, 0.25) is 0 Å². The topological polar surface area (TPSA) is 71.6 Å². The molecule has 0 amide bonds. The van der Waals surface area contributed by atoms with E-state index in [1.54, 1.807) is 0 Å². The summed E-state index contributed by atoms with van der Waals surface area (Å²) in [4.78, 5) is 14.0. The fraction of sp³-hybridized carbons (Fsp3) is 0.375. The van der Waals surface area contributed by atoms with E-state index in [-0.39, 0.29) is 6.42 Å². The minimum atomic E-state index is -0.789. The Balaban J connectivity index is 1.38. The Morgan fingerprint density at radius 2 is 1.97 bits per heavy atom. The summed E-state index contributed by atoms with van der Waals surface area (Å²) < 4.78 is 12.1. The summed E-state index contributed by atoms with van der Waals surface area (Å²) in [6.45, 7) is 2.57. The predicted octanol–water partition coefficient (Wildman–Crippen LogP) is 5.39. The largest absolute Gasteiger partial charge is 0.490 e. The fourth-order valence-electron chi connectivity index (χ4n) is 3.92. The Bertz CT molecular complexity index is 1000. The Labute approximate surface area is 170 Å². The molecule has 0 spiro atoms. The number of carboxylic acids is 1. The van der Waals surface area contributed by atoms with Crippen molar-refractivity contribution in [3.8, 4) is 11.5 Å². The molecular formula is C24H27NO4. The summed E-state index contributed by atoms with van der Waals surface area (Å²) >= 11 is 0. The van der Waals surface area contributed by atoms with Gasteiger partial charge in [-0.2, -0.15) is 0 Å². The van der Waals surface area contributed by atoms with Crippen LogP contribution in [0.15, 0.2) is 42.5 Å². The van der Waals surface area contributed by atoms with Gasteiger partial charge >= 0.3 is 5.97 Å². The number of aliphatic carboxylic acids is 1. The third-order valence-corrected chi connectivity index (χ3v) is 5.50. The highest BCUT2D eigenvalue weighted by molar-refractivity contribution is 5.82. The molecule has 0 saturated heterocycles. The Hall–Kier alpha value is -2.95. The smallest absolute Gasteiger partial charge is 0.303 e. The molecule has 1 aliphatic carbocycles. The van der Waals surface area contributed by atoms with Gasteiger partial charge in [0.2, 0.25) is 0 Å². The lowest BCUT2D eigenvalue weighted by Gasteiger charge is -2.16. The van der Waals surface area contributed by atoms with Crippen molar-refractivity contribution in [2.75, 3.05) is 0 Å². The standard InChI is InChI=1S/C24H27NO4/c1-16-12-17(6-10-23(16)29-20-4-2-3-5-20)15-28-21-8-9-22-18(14-21)13-19(25-22)7-11-24(26)27/h6,8-10,12-14,20,25H,2-5,7,11,15H2,1H3,(H,26,27). The van der Waals surface area contributed by atoms with Crippen molar-refractivity contribution < 1.29 is 19.4 Å². The Morgan fingerprint density at radius 1 is 1.14 bits per heavy atom. The number of aryl methyl sites for hydroxylation is 2. The number of H-pyrrole nitrogens is 1. The van der Waals surface area contributed by atoms with Crippen LogP contribution in [-0.2, 0) is 17.8 Å². The van der Waals surface area contributed by atoms with Crippen molar-refractivity contribution >= 4 is 16.9 Å². The fourth-order valence-corrected chi connectivity index (χ4v) is 3.92. The molecular weight excluding hydrogens is 366 g/mol. The van der Waals surface area contributed by atoms with E-state index in [0.29, 0.717) is 19.1 Å². The van der Waals surface area contributed by atoms with Crippen LogP contribution in [0.4, 0.5) is 0 Å². The number of carboxylic acid groups (broad SMARTS) is 1. The number of benzene rings is 2. The van der Waals surface area contributed by atoms with Crippen molar-refractivity contribution in [3.63, 3.8) is 0 Å². The van der Waals surface area contributed by atoms with Gasteiger partial charge in [-0.3, -0.25) is 4.79 Å². The lowest BCUT2D eigenvalue weighted by molar-refractivity contribution is -0.136. The maximum Gasteiger partial charge on any atom is 0.303 e. The lowest BCUT2D eigenvalue weighted by atomic mass is 10.1. The molecule has 0 radical (unpaired) electrons. The number of aromatic nitrogens is 1. The molecule has 29 heavy (non-hydrogen) atoms. The highest BCUT2D eigenvalue weighted by Crippen LogP contribution is 2.28. The summed E-state index contributed by atoms with van der Waals surface area (Å²) in [5, 5.41) is 9.86. The van der Waals surface area contributed by atoms with Crippen molar-refractivity contribution in [1.29, 1.82) is 0 Å². The van der Waals surface area contributed by atoms with E-state index >= 15 is 0 Å². The number of hydrogen-bond donors (Lipinski definition) is 2. The van der Waals surface area contributed by atoms with E-state index in [4.69, 9.17) is 14.6 Å². The van der Waals surface area contributed by atoms with Crippen LogP contribution < -0.4 is 9.47 Å². The maximum absolute atomic E-state index is 10.8. The number of carbonyl (C=O) groups is 1. The molecule has 1 saturated carbocycles. The SMILES string of the molecule is Cc1cc(COc2ccc3[nH]c(CCC(=O)O)cc3c2)ccc1OC1CCCC1. The van der Waals surface area contributed by atoms with Gasteiger partial charge in [-0.05, 0) is 86.6 Å². The molecule has 2 aromatic carbocycles. The van der Waals surface area contributed by atoms with Crippen molar-refractivity contribution in [2.45, 2.75) is 58.2 Å². The van der Waals surface area contributed by atoms with Crippen LogP contribution >= 0.6 is 0 Å². The second-order valence-electron chi connectivity index (χ2n) is 7.85. The minimum absolute atomic E-state index is 0.121. The minimum Gasteiger partial charge on any atom is -0.490 e. The highest BCUT2D eigenvalue weighted by Gasteiger charge is 2.17. The molecule has 1 aliphatic rings. The van der Waals surface area contributed by atoms with Crippen molar-refractivity contribution in [3.05, 3.63) is 59.3 Å². The molecule has 1 aromatic heterocycles. The lowest BCUT2D eigenvalue weighted by Crippen LogP contribution is -2.11. The van der Waals surface area contributed by atoms with E-state index in [1.165, 1.54) is 12.8 Å². The second kappa shape index (κ2) is 8.60. The number of rotatable bonds is 8. The van der Waals surface area contributed by atoms with Crippen LogP contribution in [-0.4, -0.2) is 22.2 Å². The van der Waals surface area contributed by atoms with Crippen LogP contribution in [0.3, 0.4) is 0 Å². The molecule has 1 heterocycles. The van der Waals surface area contributed by atoms with Crippen molar-refractivity contribution in [1.82, 2.24) is 4.98 Å². The van der Waals surface area contributed by atoms with Gasteiger partial charge in [0.05, 0.1) is 12.5 Å². The predicted molar refractivity (Wildman–Crippen MR) is 113 cm³/mol. The average molecular weight is 393 g/mol.